The van der Waals surface area contributed by atoms with Crippen molar-refractivity contribution >= 4 is 21.8 Å². The van der Waals surface area contributed by atoms with Crippen LogP contribution in [0.5, 0.6) is 0 Å². The number of aryl methyl sites for hydroxylation is 2. The first-order valence-electron chi connectivity index (χ1n) is 8.38. The SMILES string of the molecule is CCN(C)C=Nc1cc(C)c(Cc2ccc(S(C)(=N)=O)cc2)cc1C. The van der Waals surface area contributed by atoms with Gasteiger partial charge in [0.15, 0.2) is 0 Å². The molecular weight excluding hydrogens is 330 g/mol. The second-order valence-corrected chi connectivity index (χ2v) is 8.71. The third kappa shape index (κ3) is 5.16. The standard InChI is InChI=1S/C20H27N3OS/c1-6-23(4)14-22-20-12-15(2)18(11-16(20)3)13-17-7-9-19(10-8-17)25(5,21)24/h7-12,14,21H,6,13H2,1-5H3. The molecule has 0 amide bonds. The summed E-state index contributed by atoms with van der Waals surface area (Å²) in [6.07, 6.45) is 4.13. The van der Waals surface area contributed by atoms with Gasteiger partial charge < -0.3 is 4.90 Å². The molecule has 0 saturated carbocycles. The van der Waals surface area contributed by atoms with Gasteiger partial charge in [0.05, 0.1) is 21.8 Å². The van der Waals surface area contributed by atoms with E-state index in [1.54, 1.807) is 12.1 Å². The molecule has 0 aromatic heterocycles. The fourth-order valence-corrected chi connectivity index (χ4v) is 3.18. The molecule has 5 heteroatoms. The Balaban J connectivity index is 2.23. The Hall–Kier alpha value is -2.14. The molecular formula is C20H27N3OS. The van der Waals surface area contributed by atoms with Crippen LogP contribution in [0.1, 0.15) is 29.2 Å². The molecule has 4 nitrogen and oxygen atoms in total. The second-order valence-electron chi connectivity index (χ2n) is 6.55. The van der Waals surface area contributed by atoms with E-state index in [0.29, 0.717) is 4.90 Å². The zero-order valence-corrected chi connectivity index (χ0v) is 16.5. The largest absolute Gasteiger partial charge is 0.366 e. The molecule has 2 aromatic carbocycles. The lowest BCUT2D eigenvalue weighted by molar-refractivity contribution is 0.552. The number of aliphatic imine (C=N–C) groups is 1. The van der Waals surface area contributed by atoms with Crippen LogP contribution < -0.4 is 0 Å². The predicted molar refractivity (Wildman–Crippen MR) is 107 cm³/mol. The van der Waals surface area contributed by atoms with Crippen LogP contribution in [0.25, 0.3) is 0 Å². The minimum atomic E-state index is -2.65. The van der Waals surface area contributed by atoms with Crippen LogP contribution in [0.2, 0.25) is 0 Å². The summed E-state index contributed by atoms with van der Waals surface area (Å²) in [5, 5.41) is 0. The fraction of sp³-hybridized carbons (Fsp3) is 0.350. The Morgan fingerprint density at radius 3 is 2.36 bits per heavy atom. The number of hydrogen-bond acceptors (Lipinski definition) is 3. The first-order valence-corrected chi connectivity index (χ1v) is 10.3. The van der Waals surface area contributed by atoms with Crippen LogP contribution in [-0.2, 0) is 16.1 Å². The monoisotopic (exact) mass is 357 g/mol. The van der Waals surface area contributed by atoms with Crippen molar-refractivity contribution in [3.8, 4) is 0 Å². The van der Waals surface area contributed by atoms with Crippen molar-refractivity contribution in [2.24, 2.45) is 4.99 Å². The first-order chi connectivity index (χ1) is 11.7. The predicted octanol–water partition coefficient (Wildman–Crippen LogP) is 4.54. The minimum absolute atomic E-state index is 0.578. The number of nitrogens with one attached hydrogen (secondary N) is 1. The van der Waals surface area contributed by atoms with E-state index in [9.17, 15) is 4.21 Å². The summed E-state index contributed by atoms with van der Waals surface area (Å²) in [4.78, 5) is 7.19. The highest BCUT2D eigenvalue weighted by Gasteiger charge is 2.07. The Morgan fingerprint density at radius 1 is 1.16 bits per heavy atom. The summed E-state index contributed by atoms with van der Waals surface area (Å²) >= 11 is 0. The topological polar surface area (TPSA) is 56.5 Å². The Labute approximate surface area is 151 Å². The molecule has 0 fully saturated rings. The van der Waals surface area contributed by atoms with Gasteiger partial charge in [-0.2, -0.15) is 0 Å². The zero-order chi connectivity index (χ0) is 18.6. The molecule has 2 rings (SSSR count). The van der Waals surface area contributed by atoms with Gasteiger partial charge in [-0.15, -0.1) is 0 Å². The molecule has 0 bridgehead atoms. The van der Waals surface area contributed by atoms with E-state index in [1.165, 1.54) is 17.4 Å². The molecule has 0 heterocycles. The Kier molecular flexibility index (Phi) is 6.01. The average Bonchev–Trinajstić information content (AvgIpc) is 2.56. The molecule has 0 spiro atoms. The van der Waals surface area contributed by atoms with E-state index in [4.69, 9.17) is 4.78 Å². The van der Waals surface area contributed by atoms with E-state index in [-0.39, 0.29) is 0 Å². The lowest BCUT2D eigenvalue weighted by atomic mass is 9.97. The van der Waals surface area contributed by atoms with Gasteiger partial charge in [-0.3, -0.25) is 0 Å². The normalized spacial score (nSPS) is 13.8. The smallest absolute Gasteiger partial charge is 0.0909 e. The Bertz CT molecular complexity index is 869. The molecule has 0 aliphatic rings. The van der Waals surface area contributed by atoms with Gasteiger partial charge in [0, 0.05) is 24.7 Å². The summed E-state index contributed by atoms with van der Waals surface area (Å²) in [6.45, 7) is 7.21. The van der Waals surface area contributed by atoms with Gasteiger partial charge >= 0.3 is 0 Å². The van der Waals surface area contributed by atoms with Crippen molar-refractivity contribution in [2.75, 3.05) is 19.8 Å². The number of rotatable bonds is 6. The van der Waals surface area contributed by atoms with Crippen molar-refractivity contribution in [2.45, 2.75) is 32.1 Å². The average molecular weight is 358 g/mol. The van der Waals surface area contributed by atoms with Gasteiger partial charge in [0.2, 0.25) is 0 Å². The summed E-state index contributed by atoms with van der Waals surface area (Å²) in [6, 6.07) is 11.8. The van der Waals surface area contributed by atoms with Gasteiger partial charge in [0.1, 0.15) is 0 Å². The summed E-state index contributed by atoms with van der Waals surface area (Å²) in [5.41, 5.74) is 5.77. The van der Waals surface area contributed by atoms with Crippen molar-refractivity contribution in [3.05, 3.63) is 58.7 Å². The maximum atomic E-state index is 11.8. The van der Waals surface area contributed by atoms with Gasteiger partial charge in [-0.05, 0) is 67.6 Å². The Morgan fingerprint density at radius 2 is 1.80 bits per heavy atom. The molecule has 0 saturated heterocycles. The number of hydrogen-bond donors (Lipinski definition) is 1. The highest BCUT2D eigenvalue weighted by Crippen LogP contribution is 2.25. The highest BCUT2D eigenvalue weighted by atomic mass is 32.2. The first kappa shape index (κ1) is 19.2. The summed E-state index contributed by atoms with van der Waals surface area (Å²) < 4.78 is 19.4. The second kappa shape index (κ2) is 7.83. The highest BCUT2D eigenvalue weighted by molar-refractivity contribution is 7.91. The van der Waals surface area contributed by atoms with Crippen LogP contribution in [0.15, 0.2) is 46.3 Å². The number of benzene rings is 2. The fourth-order valence-electron chi connectivity index (χ4n) is 2.52. The van der Waals surface area contributed by atoms with Crippen LogP contribution in [0.3, 0.4) is 0 Å². The van der Waals surface area contributed by atoms with Crippen LogP contribution in [-0.4, -0.2) is 35.3 Å². The third-order valence-corrected chi connectivity index (χ3v) is 5.49. The van der Waals surface area contributed by atoms with Crippen molar-refractivity contribution in [3.63, 3.8) is 0 Å². The van der Waals surface area contributed by atoms with Gasteiger partial charge in [-0.25, -0.2) is 14.0 Å². The van der Waals surface area contributed by atoms with E-state index < -0.39 is 9.73 Å². The van der Waals surface area contributed by atoms with Gasteiger partial charge in [-0.1, -0.05) is 18.2 Å². The molecule has 1 N–H and O–H groups in total. The van der Waals surface area contributed by atoms with Crippen molar-refractivity contribution < 1.29 is 4.21 Å². The quantitative estimate of drug-likeness (QED) is 0.609. The molecule has 1 atom stereocenters. The van der Waals surface area contributed by atoms with E-state index in [1.807, 2.05) is 30.4 Å². The van der Waals surface area contributed by atoms with E-state index in [0.717, 1.165) is 29.8 Å². The minimum Gasteiger partial charge on any atom is -0.366 e. The van der Waals surface area contributed by atoms with E-state index >= 15 is 0 Å². The van der Waals surface area contributed by atoms with Crippen molar-refractivity contribution in [1.82, 2.24) is 4.90 Å². The third-order valence-electron chi connectivity index (χ3n) is 4.31. The van der Waals surface area contributed by atoms with Gasteiger partial charge in [0.25, 0.3) is 0 Å². The molecule has 134 valence electrons. The van der Waals surface area contributed by atoms with Crippen molar-refractivity contribution in [1.29, 1.82) is 4.78 Å². The summed E-state index contributed by atoms with van der Waals surface area (Å²) in [7, 11) is -0.639. The maximum absolute atomic E-state index is 11.8. The molecule has 0 radical (unpaired) electrons. The van der Waals surface area contributed by atoms with E-state index in [2.05, 4.69) is 37.9 Å². The lowest BCUT2D eigenvalue weighted by Crippen LogP contribution is -2.14. The zero-order valence-electron chi connectivity index (χ0n) is 15.7. The molecule has 0 aliphatic carbocycles. The molecule has 0 aliphatic heterocycles. The van der Waals surface area contributed by atoms with Crippen LogP contribution >= 0.6 is 0 Å². The molecule has 1 unspecified atom stereocenters. The maximum Gasteiger partial charge on any atom is 0.0909 e. The number of nitrogens with zero attached hydrogens (tertiary/aromatic N) is 2. The van der Waals surface area contributed by atoms with Crippen LogP contribution in [0.4, 0.5) is 5.69 Å². The summed E-state index contributed by atoms with van der Waals surface area (Å²) in [5.74, 6) is 0. The molecule has 25 heavy (non-hydrogen) atoms. The lowest BCUT2D eigenvalue weighted by Gasteiger charge is -2.12. The van der Waals surface area contributed by atoms with Crippen LogP contribution in [0, 0.1) is 18.6 Å². The molecule has 2 aromatic rings.